The number of benzene rings is 2. The molecule has 1 N–H and O–H groups in total. The van der Waals surface area contributed by atoms with Crippen LogP contribution in [0.5, 0.6) is 0 Å². The Bertz CT molecular complexity index is 756. The van der Waals surface area contributed by atoms with Crippen LogP contribution in [-0.4, -0.2) is 14.0 Å². The SMILES string of the molecule is CC(C)c1ccc(S(=O)(=O)NC(C)(C)C)c2ccccc12. The van der Waals surface area contributed by atoms with E-state index in [-0.39, 0.29) is 0 Å². The summed E-state index contributed by atoms with van der Waals surface area (Å²) < 4.78 is 28.0. The molecule has 0 aromatic heterocycles. The van der Waals surface area contributed by atoms with Gasteiger partial charge in [-0.05, 0) is 43.7 Å². The Morgan fingerprint density at radius 2 is 1.52 bits per heavy atom. The van der Waals surface area contributed by atoms with Crippen LogP contribution in [0.4, 0.5) is 0 Å². The molecule has 0 bridgehead atoms. The van der Waals surface area contributed by atoms with E-state index in [4.69, 9.17) is 0 Å². The van der Waals surface area contributed by atoms with Crippen LogP contribution in [0.3, 0.4) is 0 Å². The maximum Gasteiger partial charge on any atom is 0.241 e. The Kier molecular flexibility index (Phi) is 4.13. The molecule has 21 heavy (non-hydrogen) atoms. The van der Waals surface area contributed by atoms with E-state index in [1.165, 1.54) is 5.56 Å². The van der Waals surface area contributed by atoms with Gasteiger partial charge in [0.1, 0.15) is 0 Å². The van der Waals surface area contributed by atoms with Crippen LogP contribution >= 0.6 is 0 Å². The van der Waals surface area contributed by atoms with E-state index in [0.29, 0.717) is 10.8 Å². The smallest absolute Gasteiger partial charge is 0.207 e. The third-order valence-electron chi connectivity index (χ3n) is 3.27. The zero-order valence-corrected chi connectivity index (χ0v) is 14.1. The first kappa shape index (κ1) is 16.0. The van der Waals surface area contributed by atoms with Crippen LogP contribution in [0.1, 0.15) is 46.1 Å². The number of rotatable bonds is 3. The quantitative estimate of drug-likeness (QED) is 0.930. The van der Waals surface area contributed by atoms with Crippen LogP contribution in [0.2, 0.25) is 0 Å². The lowest BCUT2D eigenvalue weighted by Gasteiger charge is -2.22. The molecule has 114 valence electrons. The van der Waals surface area contributed by atoms with Gasteiger partial charge in [-0.3, -0.25) is 0 Å². The lowest BCUT2D eigenvalue weighted by atomic mass is 9.96. The van der Waals surface area contributed by atoms with Crippen molar-refractivity contribution >= 4 is 20.8 Å². The van der Waals surface area contributed by atoms with Gasteiger partial charge in [-0.15, -0.1) is 0 Å². The summed E-state index contributed by atoms with van der Waals surface area (Å²) in [6, 6.07) is 11.3. The predicted molar refractivity (Wildman–Crippen MR) is 88.1 cm³/mol. The van der Waals surface area contributed by atoms with Crippen molar-refractivity contribution in [2.45, 2.75) is 51.0 Å². The molecule has 0 aliphatic rings. The molecule has 2 rings (SSSR count). The highest BCUT2D eigenvalue weighted by Gasteiger charge is 2.24. The summed E-state index contributed by atoms with van der Waals surface area (Å²) in [5.74, 6) is 0.349. The zero-order valence-electron chi connectivity index (χ0n) is 13.3. The molecule has 4 heteroatoms. The maximum absolute atomic E-state index is 12.6. The van der Waals surface area contributed by atoms with Gasteiger partial charge in [0.15, 0.2) is 0 Å². The summed E-state index contributed by atoms with van der Waals surface area (Å²) in [6.07, 6.45) is 0. The van der Waals surface area contributed by atoms with Gasteiger partial charge in [0.05, 0.1) is 4.90 Å². The summed E-state index contributed by atoms with van der Waals surface area (Å²) >= 11 is 0. The van der Waals surface area contributed by atoms with Crippen LogP contribution in [0.15, 0.2) is 41.3 Å². The first-order valence-corrected chi connectivity index (χ1v) is 8.66. The van der Waals surface area contributed by atoms with Crippen molar-refractivity contribution in [3.05, 3.63) is 42.0 Å². The van der Waals surface area contributed by atoms with Crippen molar-refractivity contribution in [1.82, 2.24) is 4.72 Å². The van der Waals surface area contributed by atoms with Crippen molar-refractivity contribution in [1.29, 1.82) is 0 Å². The standard InChI is InChI=1S/C17H23NO2S/c1-12(2)13-10-11-16(15-9-7-6-8-14(13)15)21(19,20)18-17(3,4)5/h6-12,18H,1-5H3. The normalized spacial score (nSPS) is 13.0. The topological polar surface area (TPSA) is 46.2 Å². The molecule has 0 aliphatic carbocycles. The van der Waals surface area contributed by atoms with Crippen LogP contribution in [-0.2, 0) is 10.0 Å². The van der Waals surface area contributed by atoms with Gasteiger partial charge in [-0.1, -0.05) is 44.2 Å². The number of nitrogens with one attached hydrogen (secondary N) is 1. The minimum atomic E-state index is -3.54. The molecular weight excluding hydrogens is 282 g/mol. The largest absolute Gasteiger partial charge is 0.241 e. The molecule has 0 aliphatic heterocycles. The second-order valence-electron chi connectivity index (χ2n) is 6.71. The molecule has 3 nitrogen and oxygen atoms in total. The van der Waals surface area contributed by atoms with Crippen LogP contribution < -0.4 is 4.72 Å². The monoisotopic (exact) mass is 305 g/mol. The second-order valence-corrected chi connectivity index (χ2v) is 8.36. The summed E-state index contributed by atoms with van der Waals surface area (Å²) in [5, 5.41) is 1.78. The molecule has 0 fully saturated rings. The highest BCUT2D eigenvalue weighted by Crippen LogP contribution is 2.30. The molecule has 0 saturated heterocycles. The maximum atomic E-state index is 12.6. The lowest BCUT2D eigenvalue weighted by Crippen LogP contribution is -2.40. The zero-order chi connectivity index (χ0) is 15.8. The first-order valence-electron chi connectivity index (χ1n) is 7.17. The van der Waals surface area contributed by atoms with Gasteiger partial charge in [0.25, 0.3) is 0 Å². The van der Waals surface area contributed by atoms with E-state index in [1.807, 2.05) is 51.1 Å². The summed E-state index contributed by atoms with van der Waals surface area (Å²) in [6.45, 7) is 9.76. The highest BCUT2D eigenvalue weighted by molar-refractivity contribution is 7.89. The Morgan fingerprint density at radius 1 is 0.952 bits per heavy atom. The Balaban J connectivity index is 2.70. The summed E-state index contributed by atoms with van der Waals surface area (Å²) in [4.78, 5) is 0.345. The van der Waals surface area contributed by atoms with Crippen molar-refractivity contribution < 1.29 is 8.42 Å². The van der Waals surface area contributed by atoms with E-state index in [9.17, 15) is 8.42 Å². The highest BCUT2D eigenvalue weighted by atomic mass is 32.2. The molecule has 2 aromatic carbocycles. The average molecular weight is 305 g/mol. The molecule has 2 aromatic rings. The van der Waals surface area contributed by atoms with Gasteiger partial charge >= 0.3 is 0 Å². The predicted octanol–water partition coefficient (Wildman–Crippen LogP) is 4.04. The second kappa shape index (κ2) is 5.43. The van der Waals surface area contributed by atoms with Crippen molar-refractivity contribution in [2.24, 2.45) is 0 Å². The third kappa shape index (κ3) is 3.44. The van der Waals surface area contributed by atoms with Crippen molar-refractivity contribution in [2.75, 3.05) is 0 Å². The van der Waals surface area contributed by atoms with Crippen molar-refractivity contribution in [3.8, 4) is 0 Å². The van der Waals surface area contributed by atoms with E-state index >= 15 is 0 Å². The summed E-state index contributed by atoms with van der Waals surface area (Å²) in [5.41, 5.74) is 0.664. The molecule has 0 radical (unpaired) electrons. The minimum Gasteiger partial charge on any atom is -0.207 e. The molecule has 0 heterocycles. The number of sulfonamides is 1. The van der Waals surface area contributed by atoms with E-state index in [1.54, 1.807) is 6.07 Å². The molecule has 0 amide bonds. The molecule has 0 spiro atoms. The Hall–Kier alpha value is -1.39. The minimum absolute atomic E-state index is 0.345. The van der Waals surface area contributed by atoms with E-state index in [2.05, 4.69) is 18.6 Å². The number of fused-ring (bicyclic) bond motifs is 1. The van der Waals surface area contributed by atoms with Gasteiger partial charge in [-0.25, -0.2) is 13.1 Å². The fourth-order valence-electron chi connectivity index (χ4n) is 2.49. The molecule has 0 atom stereocenters. The Labute approximate surface area is 127 Å². The third-order valence-corrected chi connectivity index (χ3v) is 5.09. The number of hydrogen-bond donors (Lipinski definition) is 1. The summed E-state index contributed by atoms with van der Waals surface area (Å²) in [7, 11) is -3.54. The Morgan fingerprint density at radius 3 is 2.05 bits per heavy atom. The van der Waals surface area contributed by atoms with Crippen LogP contribution in [0, 0.1) is 0 Å². The van der Waals surface area contributed by atoms with Gasteiger partial charge in [-0.2, -0.15) is 0 Å². The lowest BCUT2D eigenvalue weighted by molar-refractivity contribution is 0.492. The van der Waals surface area contributed by atoms with E-state index in [0.717, 1.165) is 10.8 Å². The number of hydrogen-bond acceptors (Lipinski definition) is 2. The average Bonchev–Trinajstić information content (AvgIpc) is 2.34. The van der Waals surface area contributed by atoms with Crippen LogP contribution in [0.25, 0.3) is 10.8 Å². The fraction of sp³-hybridized carbons (Fsp3) is 0.412. The van der Waals surface area contributed by atoms with Gasteiger partial charge < -0.3 is 0 Å². The molecule has 0 unspecified atom stereocenters. The molecular formula is C17H23NO2S. The molecule has 0 saturated carbocycles. The van der Waals surface area contributed by atoms with Gasteiger partial charge in [0, 0.05) is 10.9 Å². The van der Waals surface area contributed by atoms with Gasteiger partial charge in [0.2, 0.25) is 10.0 Å². The fourth-order valence-corrected chi connectivity index (χ4v) is 4.12. The van der Waals surface area contributed by atoms with E-state index < -0.39 is 15.6 Å². The van der Waals surface area contributed by atoms with Crippen molar-refractivity contribution in [3.63, 3.8) is 0 Å². The first-order chi connectivity index (χ1) is 9.62.